The van der Waals surface area contributed by atoms with Crippen LogP contribution in [0.25, 0.3) is 0 Å². The van der Waals surface area contributed by atoms with Crippen LogP contribution in [0.5, 0.6) is 5.75 Å². The Hall–Kier alpha value is -1.71. The van der Waals surface area contributed by atoms with E-state index < -0.39 is 6.10 Å². The molecule has 0 saturated carbocycles. The Balaban J connectivity index is 1.92. The maximum Gasteiger partial charge on any atom is 0.349 e. The summed E-state index contributed by atoms with van der Waals surface area (Å²) in [4.78, 5) is 14.2. The van der Waals surface area contributed by atoms with Gasteiger partial charge in [-0.15, -0.1) is 0 Å². The Morgan fingerprint density at radius 1 is 1.47 bits per heavy atom. The van der Waals surface area contributed by atoms with Crippen molar-refractivity contribution in [1.29, 1.82) is 0 Å². The van der Waals surface area contributed by atoms with Gasteiger partial charge in [-0.3, -0.25) is 0 Å². The van der Waals surface area contributed by atoms with Crippen molar-refractivity contribution in [1.82, 2.24) is 0 Å². The van der Waals surface area contributed by atoms with E-state index in [0.29, 0.717) is 13.2 Å². The number of nitrogens with zero attached hydrogens (tertiary/aromatic N) is 1. The summed E-state index contributed by atoms with van der Waals surface area (Å²) in [5.41, 5.74) is 2.51. The van der Waals surface area contributed by atoms with Crippen molar-refractivity contribution < 1.29 is 14.3 Å². The summed E-state index contributed by atoms with van der Waals surface area (Å²) in [7, 11) is 0. The summed E-state index contributed by atoms with van der Waals surface area (Å²) in [5.74, 6) is 0.562. The second-order valence-corrected chi connectivity index (χ2v) is 5.03. The molecule has 1 aromatic carbocycles. The number of anilines is 1. The first-order valence-corrected chi connectivity index (χ1v) is 6.99. The summed E-state index contributed by atoms with van der Waals surface area (Å²) in [6.45, 7) is 3.80. The molecule has 0 radical (unpaired) electrons. The number of benzene rings is 1. The normalized spacial score (nSPS) is 21.1. The highest BCUT2D eigenvalue weighted by Gasteiger charge is 2.33. The minimum atomic E-state index is -0.499. The summed E-state index contributed by atoms with van der Waals surface area (Å²) in [6, 6.07) is 6.11. The lowest BCUT2D eigenvalue weighted by Crippen LogP contribution is -2.45. The molecule has 0 fully saturated rings. The van der Waals surface area contributed by atoms with Gasteiger partial charge < -0.3 is 14.4 Å². The molecule has 0 aromatic heterocycles. The maximum atomic E-state index is 11.9. The van der Waals surface area contributed by atoms with Crippen LogP contribution in [0.2, 0.25) is 0 Å². The highest BCUT2D eigenvalue weighted by atomic mass is 16.6. The van der Waals surface area contributed by atoms with Crippen LogP contribution >= 0.6 is 0 Å². The SMILES string of the molecule is CCOC(=O)C1CN2CCCCc3cccc(c32)O1. The first-order chi connectivity index (χ1) is 9.29. The minimum absolute atomic E-state index is 0.261. The summed E-state index contributed by atoms with van der Waals surface area (Å²) >= 11 is 0. The molecular formula is C15H19NO3. The van der Waals surface area contributed by atoms with E-state index in [4.69, 9.17) is 9.47 Å². The number of rotatable bonds is 2. The van der Waals surface area contributed by atoms with Crippen molar-refractivity contribution >= 4 is 11.7 Å². The topological polar surface area (TPSA) is 38.8 Å². The van der Waals surface area contributed by atoms with Gasteiger partial charge in [0.1, 0.15) is 5.75 Å². The van der Waals surface area contributed by atoms with Crippen molar-refractivity contribution in [2.75, 3.05) is 24.6 Å². The number of aryl methyl sites for hydroxylation is 1. The predicted octanol–water partition coefficient (Wildman–Crippen LogP) is 2.15. The zero-order valence-electron chi connectivity index (χ0n) is 11.2. The molecule has 1 aromatic rings. The Kier molecular flexibility index (Phi) is 3.32. The fraction of sp³-hybridized carbons (Fsp3) is 0.533. The molecule has 0 aliphatic carbocycles. The molecule has 102 valence electrons. The molecule has 2 aliphatic heterocycles. The van der Waals surface area contributed by atoms with E-state index in [2.05, 4.69) is 11.0 Å². The van der Waals surface area contributed by atoms with Crippen LogP contribution in [0.1, 0.15) is 25.3 Å². The molecule has 0 bridgehead atoms. The van der Waals surface area contributed by atoms with Gasteiger partial charge >= 0.3 is 5.97 Å². The molecule has 0 saturated heterocycles. The van der Waals surface area contributed by atoms with Gasteiger partial charge in [0.2, 0.25) is 6.10 Å². The number of carbonyl (C=O) groups excluding carboxylic acids is 1. The lowest BCUT2D eigenvalue weighted by atomic mass is 10.1. The fourth-order valence-electron chi connectivity index (χ4n) is 2.88. The van der Waals surface area contributed by atoms with Gasteiger partial charge in [-0.05, 0) is 37.8 Å². The standard InChI is InChI=1S/C15H19NO3/c1-2-18-15(17)13-10-16-9-4-3-6-11-7-5-8-12(19-13)14(11)16/h5,7-8,13H,2-4,6,9-10H2,1H3. The molecular weight excluding hydrogens is 242 g/mol. The van der Waals surface area contributed by atoms with Gasteiger partial charge in [0.25, 0.3) is 0 Å². The Morgan fingerprint density at radius 3 is 3.21 bits per heavy atom. The highest BCUT2D eigenvalue weighted by Crippen LogP contribution is 2.39. The zero-order chi connectivity index (χ0) is 13.2. The number of esters is 1. The summed E-state index contributed by atoms with van der Waals surface area (Å²) in [6.07, 6.45) is 2.94. The molecule has 3 rings (SSSR count). The number of hydrogen-bond acceptors (Lipinski definition) is 4. The van der Waals surface area contributed by atoms with Crippen molar-refractivity contribution in [3.8, 4) is 5.75 Å². The zero-order valence-corrected chi connectivity index (χ0v) is 11.2. The van der Waals surface area contributed by atoms with Crippen LogP contribution in [0, 0.1) is 0 Å². The predicted molar refractivity (Wildman–Crippen MR) is 72.6 cm³/mol. The molecule has 2 heterocycles. The van der Waals surface area contributed by atoms with Crippen molar-refractivity contribution in [2.45, 2.75) is 32.3 Å². The Labute approximate surface area is 113 Å². The van der Waals surface area contributed by atoms with Gasteiger partial charge in [-0.25, -0.2) is 4.79 Å². The number of carbonyl (C=O) groups is 1. The van der Waals surface area contributed by atoms with Crippen LogP contribution in [-0.2, 0) is 16.0 Å². The third-order valence-corrected chi connectivity index (χ3v) is 3.73. The first-order valence-electron chi connectivity index (χ1n) is 6.99. The van der Waals surface area contributed by atoms with E-state index in [1.807, 2.05) is 19.1 Å². The lowest BCUT2D eigenvalue weighted by molar-refractivity contribution is -0.151. The van der Waals surface area contributed by atoms with E-state index in [9.17, 15) is 4.79 Å². The average Bonchev–Trinajstić information content (AvgIpc) is 2.63. The molecule has 1 atom stereocenters. The monoisotopic (exact) mass is 261 g/mol. The number of para-hydroxylation sites is 1. The molecule has 0 N–H and O–H groups in total. The van der Waals surface area contributed by atoms with E-state index >= 15 is 0 Å². The van der Waals surface area contributed by atoms with Crippen LogP contribution in [0.15, 0.2) is 18.2 Å². The molecule has 19 heavy (non-hydrogen) atoms. The molecule has 1 unspecified atom stereocenters. The van der Waals surface area contributed by atoms with Crippen LogP contribution in [0.4, 0.5) is 5.69 Å². The molecule has 4 nitrogen and oxygen atoms in total. The Bertz CT molecular complexity index is 486. The summed E-state index contributed by atoms with van der Waals surface area (Å²) in [5, 5.41) is 0. The van der Waals surface area contributed by atoms with Crippen LogP contribution < -0.4 is 9.64 Å². The van der Waals surface area contributed by atoms with Crippen molar-refractivity contribution in [3.63, 3.8) is 0 Å². The van der Waals surface area contributed by atoms with E-state index in [1.54, 1.807) is 0 Å². The second kappa shape index (κ2) is 5.11. The average molecular weight is 261 g/mol. The van der Waals surface area contributed by atoms with Crippen LogP contribution in [-0.4, -0.2) is 31.8 Å². The highest BCUT2D eigenvalue weighted by molar-refractivity contribution is 5.79. The van der Waals surface area contributed by atoms with Gasteiger partial charge in [-0.2, -0.15) is 0 Å². The summed E-state index contributed by atoms with van der Waals surface area (Å²) < 4.78 is 10.9. The van der Waals surface area contributed by atoms with Crippen LogP contribution in [0.3, 0.4) is 0 Å². The third-order valence-electron chi connectivity index (χ3n) is 3.73. The maximum absolute atomic E-state index is 11.9. The second-order valence-electron chi connectivity index (χ2n) is 5.03. The number of ether oxygens (including phenoxy) is 2. The molecule has 2 aliphatic rings. The van der Waals surface area contributed by atoms with E-state index in [1.165, 1.54) is 17.7 Å². The van der Waals surface area contributed by atoms with Gasteiger partial charge in [0.15, 0.2) is 0 Å². The molecule has 0 spiro atoms. The van der Waals surface area contributed by atoms with Crippen molar-refractivity contribution in [3.05, 3.63) is 23.8 Å². The van der Waals surface area contributed by atoms with Gasteiger partial charge in [0, 0.05) is 6.54 Å². The fourth-order valence-corrected chi connectivity index (χ4v) is 2.88. The largest absolute Gasteiger partial charge is 0.475 e. The lowest BCUT2D eigenvalue weighted by Gasteiger charge is -2.35. The minimum Gasteiger partial charge on any atom is -0.475 e. The smallest absolute Gasteiger partial charge is 0.349 e. The molecule has 0 amide bonds. The van der Waals surface area contributed by atoms with Gasteiger partial charge in [0.05, 0.1) is 18.8 Å². The van der Waals surface area contributed by atoms with Crippen molar-refractivity contribution in [2.24, 2.45) is 0 Å². The first kappa shape index (κ1) is 12.3. The van der Waals surface area contributed by atoms with E-state index in [-0.39, 0.29) is 5.97 Å². The quantitative estimate of drug-likeness (QED) is 0.765. The van der Waals surface area contributed by atoms with E-state index in [0.717, 1.165) is 25.1 Å². The number of hydrogen-bond donors (Lipinski definition) is 0. The molecule has 4 heteroatoms. The van der Waals surface area contributed by atoms with Gasteiger partial charge in [-0.1, -0.05) is 12.1 Å². The third kappa shape index (κ3) is 2.27. The Morgan fingerprint density at radius 2 is 2.37 bits per heavy atom.